The fourth-order valence-electron chi connectivity index (χ4n) is 4.31. The number of carbonyl (C=O) groups is 2. The summed E-state index contributed by atoms with van der Waals surface area (Å²) in [5.74, 6) is -0.557. The first-order valence-corrected chi connectivity index (χ1v) is 10.1. The number of aliphatic hydroxyl groups is 1. The Labute approximate surface area is 148 Å². The first-order valence-electron chi connectivity index (χ1n) is 8.24. The maximum absolute atomic E-state index is 12.0. The van der Waals surface area contributed by atoms with E-state index in [-0.39, 0.29) is 50.6 Å². The van der Waals surface area contributed by atoms with Gasteiger partial charge in [0.15, 0.2) is 0 Å². The molecule has 3 N–H and O–H groups in total. The predicted octanol–water partition coefficient (Wildman–Crippen LogP) is 0.774. The molecule has 0 aromatic heterocycles. The van der Waals surface area contributed by atoms with Gasteiger partial charge in [0.1, 0.15) is 0 Å². The first kappa shape index (κ1) is 17.5. The van der Waals surface area contributed by atoms with Crippen LogP contribution in [0.2, 0.25) is 4.82 Å². The van der Waals surface area contributed by atoms with Crippen LogP contribution in [0, 0.1) is 11.3 Å². The molecule has 4 atom stereocenters. The third-order valence-corrected chi connectivity index (χ3v) is 8.68. The Balaban J connectivity index is 1.97. The molecule has 1 aliphatic carbocycles. The molecule has 4 unspecified atom stereocenters. The summed E-state index contributed by atoms with van der Waals surface area (Å²) in [6, 6.07) is 10.1. The fourth-order valence-corrected chi connectivity index (χ4v) is 7.57. The standard InChI is InChI=1S/C18H23NO4Se/c1-17-8-7-16(22)23-18(17,11-20)14(9-12(17)10-15(19)21)24-13-5-3-2-4-6-13/h2-6,12,14,20H,7-11H2,1H3,(H2,19,21). The summed E-state index contributed by atoms with van der Waals surface area (Å²) >= 11 is 0.0370. The maximum atomic E-state index is 12.0. The SMILES string of the molecule is CC12CCC(=O)OC1(CO)C([Se]c1ccccc1)CC2CC(N)=O. The Bertz CT molecular complexity index is 637. The second-order valence-corrected chi connectivity index (χ2v) is 9.64. The minimum absolute atomic E-state index is 0.0332. The minimum atomic E-state index is -0.904. The number of hydrogen-bond acceptors (Lipinski definition) is 4. The normalized spacial score (nSPS) is 35.3. The van der Waals surface area contributed by atoms with Crippen LogP contribution >= 0.6 is 0 Å². The van der Waals surface area contributed by atoms with Crippen LogP contribution < -0.4 is 10.2 Å². The van der Waals surface area contributed by atoms with E-state index in [9.17, 15) is 14.7 Å². The van der Waals surface area contributed by atoms with Gasteiger partial charge in [-0.15, -0.1) is 0 Å². The zero-order valence-electron chi connectivity index (χ0n) is 13.7. The van der Waals surface area contributed by atoms with E-state index >= 15 is 0 Å². The van der Waals surface area contributed by atoms with Gasteiger partial charge in [0.05, 0.1) is 0 Å². The van der Waals surface area contributed by atoms with E-state index in [1.54, 1.807) is 0 Å². The molecule has 3 rings (SSSR count). The number of amides is 1. The quantitative estimate of drug-likeness (QED) is 0.569. The van der Waals surface area contributed by atoms with Gasteiger partial charge in [-0.25, -0.2) is 0 Å². The van der Waals surface area contributed by atoms with Crippen LogP contribution in [0.4, 0.5) is 0 Å². The monoisotopic (exact) mass is 397 g/mol. The second kappa shape index (κ2) is 6.51. The molecule has 1 amide bonds. The van der Waals surface area contributed by atoms with E-state index in [1.165, 1.54) is 4.46 Å². The number of benzene rings is 1. The van der Waals surface area contributed by atoms with Crippen molar-refractivity contribution in [3.63, 3.8) is 0 Å². The van der Waals surface area contributed by atoms with Crippen molar-refractivity contribution in [2.75, 3.05) is 6.61 Å². The number of rotatable bonds is 5. The number of esters is 1. The van der Waals surface area contributed by atoms with Gasteiger partial charge in [-0.1, -0.05) is 0 Å². The summed E-state index contributed by atoms with van der Waals surface area (Å²) in [7, 11) is 0. The molecule has 1 aliphatic heterocycles. The number of carbonyl (C=O) groups excluding carboxylic acids is 2. The zero-order valence-corrected chi connectivity index (χ0v) is 15.4. The molecule has 1 saturated carbocycles. The Morgan fingerprint density at radius 2 is 2.12 bits per heavy atom. The van der Waals surface area contributed by atoms with E-state index < -0.39 is 11.0 Å². The topological polar surface area (TPSA) is 89.6 Å². The van der Waals surface area contributed by atoms with Crippen molar-refractivity contribution in [2.24, 2.45) is 17.1 Å². The summed E-state index contributed by atoms with van der Waals surface area (Å²) in [4.78, 5) is 23.6. The molecular formula is C18H23NO4Se. The fraction of sp³-hybridized carbons (Fsp3) is 0.556. The van der Waals surface area contributed by atoms with Crippen molar-refractivity contribution in [3.8, 4) is 0 Å². The van der Waals surface area contributed by atoms with Crippen molar-refractivity contribution < 1.29 is 19.4 Å². The molecule has 5 nitrogen and oxygen atoms in total. The van der Waals surface area contributed by atoms with Crippen LogP contribution in [0.5, 0.6) is 0 Å². The number of aliphatic hydroxyl groups excluding tert-OH is 1. The van der Waals surface area contributed by atoms with Gasteiger partial charge in [-0.05, 0) is 0 Å². The summed E-state index contributed by atoms with van der Waals surface area (Å²) < 4.78 is 7.02. The van der Waals surface area contributed by atoms with Gasteiger partial charge in [0.25, 0.3) is 0 Å². The summed E-state index contributed by atoms with van der Waals surface area (Å²) in [6.45, 7) is 1.84. The van der Waals surface area contributed by atoms with Gasteiger partial charge in [0, 0.05) is 0 Å². The average Bonchev–Trinajstić information content (AvgIpc) is 2.77. The number of ether oxygens (including phenoxy) is 1. The van der Waals surface area contributed by atoms with Gasteiger partial charge in [-0.2, -0.15) is 0 Å². The predicted molar refractivity (Wildman–Crippen MR) is 90.7 cm³/mol. The second-order valence-electron chi connectivity index (χ2n) is 6.96. The molecule has 130 valence electrons. The van der Waals surface area contributed by atoms with Gasteiger partial charge in [0.2, 0.25) is 0 Å². The molecule has 1 saturated heterocycles. The van der Waals surface area contributed by atoms with Crippen molar-refractivity contribution in [2.45, 2.75) is 43.0 Å². The van der Waals surface area contributed by atoms with E-state index in [2.05, 4.69) is 12.1 Å². The Hall–Kier alpha value is -1.36. The van der Waals surface area contributed by atoms with Crippen LogP contribution in [0.3, 0.4) is 0 Å². The van der Waals surface area contributed by atoms with Crippen LogP contribution in [0.15, 0.2) is 30.3 Å². The molecule has 0 bridgehead atoms. The van der Waals surface area contributed by atoms with Crippen molar-refractivity contribution in [1.82, 2.24) is 0 Å². The Morgan fingerprint density at radius 1 is 1.42 bits per heavy atom. The van der Waals surface area contributed by atoms with Crippen molar-refractivity contribution >= 4 is 31.3 Å². The van der Waals surface area contributed by atoms with Crippen molar-refractivity contribution in [1.29, 1.82) is 0 Å². The van der Waals surface area contributed by atoms with E-state index in [0.717, 1.165) is 6.42 Å². The molecule has 0 spiro atoms. The summed E-state index contributed by atoms with van der Waals surface area (Å²) in [6.07, 6.45) is 1.99. The number of nitrogens with two attached hydrogens (primary N) is 1. The van der Waals surface area contributed by atoms with Crippen LogP contribution in [-0.2, 0) is 14.3 Å². The third kappa shape index (κ3) is 2.77. The molecule has 24 heavy (non-hydrogen) atoms. The molecule has 1 heterocycles. The third-order valence-electron chi connectivity index (χ3n) is 5.73. The molecule has 1 aromatic rings. The average molecular weight is 396 g/mol. The summed E-state index contributed by atoms with van der Waals surface area (Å²) in [5, 5.41) is 10.3. The van der Waals surface area contributed by atoms with Gasteiger partial charge in [-0.3, -0.25) is 0 Å². The number of fused-ring (bicyclic) bond motifs is 1. The van der Waals surface area contributed by atoms with Crippen LogP contribution in [0.25, 0.3) is 0 Å². The van der Waals surface area contributed by atoms with Crippen LogP contribution in [-0.4, -0.2) is 44.1 Å². The van der Waals surface area contributed by atoms with Gasteiger partial charge < -0.3 is 0 Å². The van der Waals surface area contributed by atoms with Crippen LogP contribution in [0.1, 0.15) is 32.6 Å². The molecule has 2 aliphatic rings. The van der Waals surface area contributed by atoms with Gasteiger partial charge >= 0.3 is 148 Å². The number of primary amides is 1. The first-order chi connectivity index (χ1) is 11.4. The molecule has 1 aromatic carbocycles. The van der Waals surface area contributed by atoms with E-state index in [4.69, 9.17) is 10.5 Å². The molecule has 6 heteroatoms. The molecule has 0 radical (unpaired) electrons. The molecule has 2 fully saturated rings. The summed E-state index contributed by atoms with van der Waals surface area (Å²) in [5.41, 5.74) is 4.14. The molecular weight excluding hydrogens is 373 g/mol. The Morgan fingerprint density at radius 3 is 2.75 bits per heavy atom. The number of hydrogen-bond donors (Lipinski definition) is 2. The Kier molecular flexibility index (Phi) is 4.73. The van der Waals surface area contributed by atoms with Crippen molar-refractivity contribution in [3.05, 3.63) is 30.3 Å². The zero-order chi connectivity index (χ0) is 17.4. The van der Waals surface area contributed by atoms with E-state index in [1.807, 2.05) is 25.1 Å². The van der Waals surface area contributed by atoms with E-state index in [0.29, 0.717) is 12.8 Å².